The molecule has 0 spiro atoms. The van der Waals surface area contributed by atoms with Crippen molar-refractivity contribution in [3.05, 3.63) is 34.9 Å². The molecule has 4 heteroatoms. The molecule has 0 saturated carbocycles. The van der Waals surface area contributed by atoms with Crippen LogP contribution in [-0.2, 0) is 15.0 Å². The molecule has 1 fully saturated rings. The predicted octanol–water partition coefficient (Wildman–Crippen LogP) is 2.12. The molecule has 0 aromatic heterocycles. The Kier molecular flexibility index (Phi) is 3.55. The second-order valence-electron chi connectivity index (χ2n) is 5.10. The van der Waals surface area contributed by atoms with Crippen LogP contribution in [0, 0.1) is 0 Å². The highest BCUT2D eigenvalue weighted by Crippen LogP contribution is 2.28. The van der Waals surface area contributed by atoms with E-state index in [0.717, 1.165) is 5.56 Å². The number of hydrogen-bond acceptors (Lipinski definition) is 3. The number of Topliss-reactive ketones (excluding diaryl/α,β-unsaturated/α-hetero) is 2. The summed E-state index contributed by atoms with van der Waals surface area (Å²) in [5.74, 6) is -0.0886. The van der Waals surface area contributed by atoms with E-state index >= 15 is 0 Å². The van der Waals surface area contributed by atoms with Gasteiger partial charge >= 0.3 is 0 Å². The van der Waals surface area contributed by atoms with Gasteiger partial charge in [0.15, 0.2) is 11.6 Å². The molecule has 1 aromatic carbocycles. The molecule has 0 radical (unpaired) electrons. The van der Waals surface area contributed by atoms with E-state index in [-0.39, 0.29) is 11.6 Å². The van der Waals surface area contributed by atoms with Crippen LogP contribution in [0.25, 0.3) is 0 Å². The lowest BCUT2D eigenvalue weighted by molar-refractivity contribution is -0.131. The van der Waals surface area contributed by atoms with Crippen molar-refractivity contribution < 1.29 is 9.59 Å². The van der Waals surface area contributed by atoms with Crippen LogP contribution in [0.2, 0.25) is 5.02 Å². The van der Waals surface area contributed by atoms with Crippen LogP contribution in [0.15, 0.2) is 24.3 Å². The van der Waals surface area contributed by atoms with E-state index in [0.29, 0.717) is 18.0 Å². The van der Waals surface area contributed by atoms with Crippen LogP contribution in [0.3, 0.4) is 0 Å². The number of carbonyl (C=O) groups is 2. The predicted molar refractivity (Wildman–Crippen MR) is 70.9 cm³/mol. The maximum absolute atomic E-state index is 12.4. The van der Waals surface area contributed by atoms with Gasteiger partial charge in [-0.25, -0.2) is 0 Å². The molecule has 2 rings (SSSR count). The lowest BCUT2D eigenvalue weighted by Gasteiger charge is -2.26. The summed E-state index contributed by atoms with van der Waals surface area (Å²) in [5, 5.41) is 3.60. The van der Waals surface area contributed by atoms with Gasteiger partial charge in [-0.15, -0.1) is 0 Å². The Labute approximate surface area is 112 Å². The van der Waals surface area contributed by atoms with Crippen molar-refractivity contribution in [2.75, 3.05) is 6.54 Å². The molecule has 0 aliphatic carbocycles. The van der Waals surface area contributed by atoms with Gasteiger partial charge in [0.1, 0.15) is 6.04 Å². The Morgan fingerprint density at radius 1 is 1.33 bits per heavy atom. The van der Waals surface area contributed by atoms with E-state index in [1.54, 1.807) is 12.1 Å². The van der Waals surface area contributed by atoms with Gasteiger partial charge in [-0.2, -0.15) is 0 Å². The molecule has 1 heterocycles. The first-order chi connectivity index (χ1) is 8.43. The van der Waals surface area contributed by atoms with Gasteiger partial charge in [0.25, 0.3) is 0 Å². The third-order valence-corrected chi connectivity index (χ3v) is 3.74. The maximum atomic E-state index is 12.4. The molecule has 1 aromatic rings. The van der Waals surface area contributed by atoms with Crippen molar-refractivity contribution >= 4 is 23.2 Å². The van der Waals surface area contributed by atoms with E-state index in [1.165, 1.54) is 0 Å². The smallest absolute Gasteiger partial charge is 0.167 e. The van der Waals surface area contributed by atoms with Crippen molar-refractivity contribution in [1.82, 2.24) is 5.32 Å². The molecule has 1 atom stereocenters. The summed E-state index contributed by atoms with van der Waals surface area (Å²) in [7, 11) is 0. The fourth-order valence-electron chi connectivity index (χ4n) is 2.21. The summed E-state index contributed by atoms with van der Waals surface area (Å²) < 4.78 is 0. The summed E-state index contributed by atoms with van der Waals surface area (Å²) >= 11 is 5.84. The lowest BCUT2D eigenvalue weighted by Crippen LogP contribution is -2.46. The maximum Gasteiger partial charge on any atom is 0.167 e. The van der Waals surface area contributed by atoms with E-state index in [1.807, 2.05) is 26.0 Å². The largest absolute Gasteiger partial charge is 0.301 e. The number of ketones is 2. The van der Waals surface area contributed by atoms with Crippen molar-refractivity contribution in [3.63, 3.8) is 0 Å². The molecule has 18 heavy (non-hydrogen) atoms. The topological polar surface area (TPSA) is 46.2 Å². The zero-order valence-electron chi connectivity index (χ0n) is 10.5. The minimum atomic E-state index is -0.692. The molecular weight excluding hydrogens is 250 g/mol. The Bertz CT molecular complexity index is 479. The second-order valence-corrected chi connectivity index (χ2v) is 5.54. The number of hydrogen-bond donors (Lipinski definition) is 1. The average Bonchev–Trinajstić information content (AvgIpc) is 2.75. The van der Waals surface area contributed by atoms with Crippen molar-refractivity contribution in [1.29, 1.82) is 0 Å². The van der Waals surface area contributed by atoms with Crippen LogP contribution >= 0.6 is 11.6 Å². The lowest BCUT2D eigenvalue weighted by atomic mass is 9.77. The summed E-state index contributed by atoms with van der Waals surface area (Å²) in [6.45, 7) is 4.27. The molecule has 1 unspecified atom stereocenters. The number of nitrogens with one attached hydrogen (secondary N) is 1. The van der Waals surface area contributed by atoms with Gasteiger partial charge in [-0.1, -0.05) is 23.7 Å². The zero-order chi connectivity index (χ0) is 13.3. The van der Waals surface area contributed by atoms with Crippen molar-refractivity contribution in [2.24, 2.45) is 0 Å². The minimum absolute atomic E-state index is 0.0120. The minimum Gasteiger partial charge on any atom is -0.301 e. The molecule has 96 valence electrons. The van der Waals surface area contributed by atoms with E-state index in [2.05, 4.69) is 5.32 Å². The number of halogens is 1. The quantitative estimate of drug-likeness (QED) is 0.852. The van der Waals surface area contributed by atoms with Crippen LogP contribution < -0.4 is 5.32 Å². The normalized spacial score (nSPS) is 20.2. The molecule has 1 N–H and O–H groups in total. The molecule has 0 amide bonds. The second kappa shape index (κ2) is 4.82. The Balaban J connectivity index is 2.27. The van der Waals surface area contributed by atoms with E-state index < -0.39 is 11.5 Å². The zero-order valence-corrected chi connectivity index (χ0v) is 11.3. The molecule has 1 saturated heterocycles. The van der Waals surface area contributed by atoms with Crippen LogP contribution in [-0.4, -0.2) is 24.2 Å². The fraction of sp³-hybridized carbons (Fsp3) is 0.429. The highest BCUT2D eigenvalue weighted by atomic mass is 35.5. The summed E-state index contributed by atoms with van der Waals surface area (Å²) in [6, 6.07) is 6.53. The van der Waals surface area contributed by atoms with Gasteiger partial charge < -0.3 is 5.32 Å². The fourth-order valence-corrected chi connectivity index (χ4v) is 2.33. The summed E-state index contributed by atoms with van der Waals surface area (Å²) in [5.41, 5.74) is 0.181. The van der Waals surface area contributed by atoms with Crippen LogP contribution in [0.1, 0.15) is 25.8 Å². The highest BCUT2D eigenvalue weighted by Gasteiger charge is 2.40. The first-order valence-electron chi connectivity index (χ1n) is 5.99. The third kappa shape index (κ3) is 2.33. The Morgan fingerprint density at radius 2 is 1.94 bits per heavy atom. The van der Waals surface area contributed by atoms with E-state index in [4.69, 9.17) is 11.6 Å². The van der Waals surface area contributed by atoms with Gasteiger partial charge in [-0.05, 0) is 31.5 Å². The van der Waals surface area contributed by atoms with Gasteiger partial charge in [0, 0.05) is 18.0 Å². The number of benzene rings is 1. The Hall–Kier alpha value is -1.19. The van der Waals surface area contributed by atoms with Crippen LogP contribution in [0.5, 0.6) is 0 Å². The standard InChI is InChI=1S/C14H16ClNO2/c1-14(2,9-3-5-10(15)6-4-9)13(18)12-11(17)7-8-16-12/h3-6,12,16H,7-8H2,1-2H3. The van der Waals surface area contributed by atoms with Gasteiger partial charge in [0.05, 0.1) is 5.41 Å². The molecule has 3 nitrogen and oxygen atoms in total. The third-order valence-electron chi connectivity index (χ3n) is 3.49. The molecular formula is C14H16ClNO2. The highest BCUT2D eigenvalue weighted by molar-refractivity contribution is 6.30. The SMILES string of the molecule is CC(C)(C(=O)C1NCCC1=O)c1ccc(Cl)cc1. The van der Waals surface area contributed by atoms with Crippen LogP contribution in [0.4, 0.5) is 0 Å². The monoisotopic (exact) mass is 265 g/mol. The summed E-state index contributed by atoms with van der Waals surface area (Å²) in [6.07, 6.45) is 0.438. The first kappa shape index (κ1) is 13.2. The van der Waals surface area contributed by atoms with Crippen molar-refractivity contribution in [3.8, 4) is 0 Å². The average molecular weight is 266 g/mol. The Morgan fingerprint density at radius 3 is 2.44 bits per heavy atom. The molecule has 1 aliphatic rings. The molecule has 1 aliphatic heterocycles. The molecule has 0 bridgehead atoms. The van der Waals surface area contributed by atoms with E-state index in [9.17, 15) is 9.59 Å². The van der Waals surface area contributed by atoms with Crippen molar-refractivity contribution in [2.45, 2.75) is 31.7 Å². The summed E-state index contributed by atoms with van der Waals surface area (Å²) in [4.78, 5) is 24.1. The van der Waals surface area contributed by atoms with Gasteiger partial charge in [0.2, 0.25) is 0 Å². The van der Waals surface area contributed by atoms with Gasteiger partial charge in [-0.3, -0.25) is 9.59 Å². The number of rotatable bonds is 3. The number of carbonyl (C=O) groups excluding carboxylic acids is 2. The first-order valence-corrected chi connectivity index (χ1v) is 6.37.